The van der Waals surface area contributed by atoms with Crippen molar-refractivity contribution in [1.82, 2.24) is 4.90 Å². The summed E-state index contributed by atoms with van der Waals surface area (Å²) in [5.74, 6) is -1.38. The molecule has 9 nitrogen and oxygen atoms in total. The zero-order chi connectivity index (χ0) is 17.2. The summed E-state index contributed by atoms with van der Waals surface area (Å²) in [6, 6.07) is -0.917. The monoisotopic (exact) mass is 347 g/mol. The van der Waals surface area contributed by atoms with E-state index in [1.165, 1.54) is 23.6 Å². The molecule has 0 aromatic heterocycles. The Bertz CT molecular complexity index is 538. The van der Waals surface area contributed by atoms with Crippen LogP contribution < -0.4 is 0 Å². The summed E-state index contributed by atoms with van der Waals surface area (Å²) in [5, 5.41) is -0.151. The lowest BCUT2D eigenvalue weighted by Gasteiger charge is -2.37. The average molecular weight is 347 g/mol. The Balaban J connectivity index is 2.04. The van der Waals surface area contributed by atoms with Crippen molar-refractivity contribution >= 4 is 35.8 Å². The van der Waals surface area contributed by atoms with Gasteiger partial charge < -0.3 is 23.8 Å². The van der Waals surface area contributed by atoms with Gasteiger partial charge in [0.15, 0.2) is 0 Å². The number of hydrogen-bond acceptors (Lipinski definition) is 9. The fourth-order valence-electron chi connectivity index (χ4n) is 2.47. The number of fused-ring (bicyclic) bond motifs is 1. The number of hydrogen-bond donors (Lipinski definition) is 0. The second-order valence-corrected chi connectivity index (χ2v) is 6.97. The van der Waals surface area contributed by atoms with Crippen molar-refractivity contribution < 1.29 is 38.1 Å². The molecule has 2 aliphatic rings. The molecule has 2 fully saturated rings. The van der Waals surface area contributed by atoms with Crippen LogP contribution in [0.2, 0.25) is 0 Å². The molecule has 0 aromatic carbocycles. The van der Waals surface area contributed by atoms with Crippen molar-refractivity contribution in [1.29, 1.82) is 0 Å². The van der Waals surface area contributed by atoms with Gasteiger partial charge in [0, 0.05) is 6.92 Å². The third kappa shape index (κ3) is 3.52. The quantitative estimate of drug-likeness (QED) is 0.299. The molecule has 0 radical (unpaired) electrons. The number of esters is 2. The SMILES string of the molecule is COC(=O)OCOC(=O)C1N2C(=O)CC2SC1(C)COC(C)=O. The van der Waals surface area contributed by atoms with Crippen molar-refractivity contribution in [2.45, 2.75) is 36.4 Å². The van der Waals surface area contributed by atoms with Gasteiger partial charge in [-0.15, -0.1) is 11.8 Å². The molecular weight excluding hydrogens is 330 g/mol. The number of amides is 1. The number of carbonyl (C=O) groups is 4. The highest BCUT2D eigenvalue weighted by Crippen LogP contribution is 2.51. The number of rotatable bonds is 5. The number of nitrogens with zero attached hydrogens (tertiary/aromatic N) is 1. The van der Waals surface area contributed by atoms with E-state index in [1.807, 2.05) is 0 Å². The summed E-state index contributed by atoms with van der Waals surface area (Å²) in [6.07, 6.45) is -0.665. The maximum Gasteiger partial charge on any atom is 0.510 e. The first-order valence-corrected chi connectivity index (χ1v) is 7.66. The van der Waals surface area contributed by atoms with Gasteiger partial charge in [-0.2, -0.15) is 0 Å². The zero-order valence-corrected chi connectivity index (χ0v) is 13.7. The van der Waals surface area contributed by atoms with Crippen molar-refractivity contribution in [2.24, 2.45) is 0 Å². The average Bonchev–Trinajstić information content (AvgIpc) is 2.73. The van der Waals surface area contributed by atoms with Gasteiger partial charge in [0.05, 0.1) is 23.7 Å². The molecule has 3 unspecified atom stereocenters. The molecule has 2 heterocycles. The normalized spacial score (nSPS) is 28.5. The second kappa shape index (κ2) is 6.65. The summed E-state index contributed by atoms with van der Waals surface area (Å²) in [7, 11) is 1.12. The number of ether oxygens (including phenoxy) is 4. The fourth-order valence-corrected chi connectivity index (χ4v) is 4.14. The lowest BCUT2D eigenvalue weighted by molar-refractivity contribution is -0.169. The Morgan fingerprint density at radius 3 is 2.57 bits per heavy atom. The van der Waals surface area contributed by atoms with Gasteiger partial charge in [0.1, 0.15) is 12.6 Å². The molecule has 2 saturated heterocycles. The number of methoxy groups -OCH3 is 1. The maximum atomic E-state index is 12.3. The van der Waals surface area contributed by atoms with E-state index in [-0.39, 0.29) is 17.9 Å². The van der Waals surface area contributed by atoms with E-state index in [0.717, 1.165) is 7.11 Å². The molecule has 0 saturated carbocycles. The van der Waals surface area contributed by atoms with E-state index in [0.29, 0.717) is 6.42 Å². The van der Waals surface area contributed by atoms with E-state index in [2.05, 4.69) is 9.47 Å². The van der Waals surface area contributed by atoms with Gasteiger partial charge in [-0.1, -0.05) is 0 Å². The predicted octanol–water partition coefficient (Wildman–Crippen LogP) is 0.266. The first-order chi connectivity index (χ1) is 10.8. The van der Waals surface area contributed by atoms with Crippen LogP contribution in [0.5, 0.6) is 0 Å². The molecule has 3 atom stereocenters. The smallest absolute Gasteiger partial charge is 0.464 e. The lowest BCUT2D eigenvalue weighted by Crippen LogP contribution is -2.58. The highest BCUT2D eigenvalue weighted by molar-refractivity contribution is 8.01. The maximum absolute atomic E-state index is 12.3. The van der Waals surface area contributed by atoms with Gasteiger partial charge in [-0.25, -0.2) is 9.59 Å². The minimum absolute atomic E-state index is 0.0368. The van der Waals surface area contributed by atoms with E-state index < -0.39 is 35.7 Å². The molecule has 128 valence electrons. The lowest BCUT2D eigenvalue weighted by atomic mass is 9.97. The van der Waals surface area contributed by atoms with Crippen molar-refractivity contribution in [2.75, 3.05) is 20.5 Å². The summed E-state index contributed by atoms with van der Waals surface area (Å²) >= 11 is 1.38. The van der Waals surface area contributed by atoms with Crippen LogP contribution in [0.4, 0.5) is 4.79 Å². The topological polar surface area (TPSA) is 108 Å². The van der Waals surface area contributed by atoms with Crippen LogP contribution in [0.3, 0.4) is 0 Å². The Kier molecular flexibility index (Phi) is 5.03. The van der Waals surface area contributed by atoms with E-state index >= 15 is 0 Å². The molecule has 2 aliphatic heterocycles. The molecule has 10 heteroatoms. The molecule has 0 bridgehead atoms. The van der Waals surface area contributed by atoms with Crippen LogP contribution in [0.1, 0.15) is 20.3 Å². The van der Waals surface area contributed by atoms with Crippen LogP contribution in [-0.2, 0) is 33.3 Å². The molecule has 2 rings (SSSR count). The Hall–Kier alpha value is -1.97. The minimum Gasteiger partial charge on any atom is -0.464 e. The third-order valence-electron chi connectivity index (χ3n) is 3.54. The largest absolute Gasteiger partial charge is 0.510 e. The first kappa shape index (κ1) is 17.4. The van der Waals surface area contributed by atoms with Crippen molar-refractivity contribution in [3.63, 3.8) is 0 Å². The van der Waals surface area contributed by atoms with Crippen LogP contribution in [-0.4, -0.2) is 65.6 Å². The number of carbonyl (C=O) groups excluding carboxylic acids is 4. The minimum atomic E-state index is -0.987. The standard InChI is InChI=1S/C13H17NO8S/c1-7(15)20-5-13(2)10(14-8(16)4-9(14)23-13)11(17)21-6-22-12(18)19-3/h9-10H,4-6H2,1-3H3. The molecule has 0 N–H and O–H groups in total. The molecule has 23 heavy (non-hydrogen) atoms. The Morgan fingerprint density at radius 1 is 1.30 bits per heavy atom. The fraction of sp³-hybridized carbons (Fsp3) is 0.692. The first-order valence-electron chi connectivity index (χ1n) is 6.78. The molecule has 1 amide bonds. The van der Waals surface area contributed by atoms with Gasteiger partial charge in [0.2, 0.25) is 12.7 Å². The van der Waals surface area contributed by atoms with Gasteiger partial charge in [-0.3, -0.25) is 9.59 Å². The van der Waals surface area contributed by atoms with Gasteiger partial charge in [-0.05, 0) is 6.92 Å². The zero-order valence-electron chi connectivity index (χ0n) is 12.9. The van der Waals surface area contributed by atoms with Gasteiger partial charge in [0.25, 0.3) is 0 Å². The summed E-state index contributed by atoms with van der Waals surface area (Å²) in [5.41, 5.74) is 0. The van der Waals surface area contributed by atoms with E-state index in [1.54, 1.807) is 6.92 Å². The van der Waals surface area contributed by atoms with Crippen LogP contribution in [0.15, 0.2) is 0 Å². The predicted molar refractivity (Wildman–Crippen MR) is 76.1 cm³/mol. The molecular formula is C13H17NO8S. The highest BCUT2D eigenvalue weighted by Gasteiger charge is 2.61. The van der Waals surface area contributed by atoms with Crippen molar-refractivity contribution in [3.8, 4) is 0 Å². The second-order valence-electron chi connectivity index (χ2n) is 5.25. The highest BCUT2D eigenvalue weighted by atomic mass is 32.2. The molecule has 0 spiro atoms. The van der Waals surface area contributed by atoms with E-state index in [4.69, 9.17) is 9.47 Å². The molecule has 0 aliphatic carbocycles. The summed E-state index contributed by atoms with van der Waals surface area (Å²) < 4.78 is 17.8. The third-order valence-corrected chi connectivity index (χ3v) is 5.08. The van der Waals surface area contributed by atoms with Crippen LogP contribution in [0.25, 0.3) is 0 Å². The van der Waals surface area contributed by atoms with Crippen LogP contribution >= 0.6 is 11.8 Å². The van der Waals surface area contributed by atoms with Gasteiger partial charge >= 0.3 is 18.1 Å². The number of thioether (sulfide) groups is 1. The summed E-state index contributed by atoms with van der Waals surface area (Å²) in [4.78, 5) is 47.4. The Labute approximate surface area is 136 Å². The van der Waals surface area contributed by atoms with E-state index in [9.17, 15) is 19.2 Å². The Morgan fingerprint density at radius 2 is 2.00 bits per heavy atom. The molecule has 0 aromatic rings. The van der Waals surface area contributed by atoms with Crippen LogP contribution in [0, 0.1) is 0 Å². The van der Waals surface area contributed by atoms with Crippen molar-refractivity contribution in [3.05, 3.63) is 0 Å². The number of β-lactam (4-membered cyclic amide) rings is 1. The summed E-state index contributed by atoms with van der Waals surface area (Å²) in [6.45, 7) is 2.33.